The highest BCUT2D eigenvalue weighted by Crippen LogP contribution is 2.36. The molecule has 0 spiro atoms. The largest absolute Gasteiger partial charge is 0.497 e. The second kappa shape index (κ2) is 16.7. The molecule has 4 aromatic rings. The molecule has 0 aromatic heterocycles. The molecule has 0 aliphatic heterocycles. The molecule has 9 nitrogen and oxygen atoms in total. The average molecular weight is 698 g/mol. The minimum atomic E-state index is -4.32. The number of hydrogen-bond donors (Lipinski definition) is 1. The summed E-state index contributed by atoms with van der Waals surface area (Å²) in [5.41, 5.74) is 3.73. The fourth-order valence-electron chi connectivity index (χ4n) is 6.41. The maximum Gasteiger partial charge on any atom is 0.264 e. The Balaban J connectivity index is 1.62. The van der Waals surface area contributed by atoms with Gasteiger partial charge in [0.1, 0.15) is 24.1 Å². The summed E-state index contributed by atoms with van der Waals surface area (Å²) in [5, 5.41) is 3.25. The first kappa shape index (κ1) is 36.5. The van der Waals surface area contributed by atoms with Gasteiger partial charge in [-0.05, 0) is 67.6 Å². The highest BCUT2D eigenvalue weighted by Gasteiger charge is 2.36. The lowest BCUT2D eigenvalue weighted by atomic mass is 9.94. The third kappa shape index (κ3) is 8.84. The molecule has 1 saturated carbocycles. The molecule has 0 unspecified atom stereocenters. The van der Waals surface area contributed by atoms with E-state index >= 15 is 0 Å². The maximum absolute atomic E-state index is 14.9. The SMILES string of the molecule is COc1ccc(OC)c(N(CC(=O)N(Cc2ccccc2C)[C@H](Cc2ccccc2)C(=O)NC2CCCCC2)S(=O)(=O)c2ccc(C)cc2)c1. The fourth-order valence-corrected chi connectivity index (χ4v) is 7.83. The highest BCUT2D eigenvalue weighted by atomic mass is 32.2. The van der Waals surface area contributed by atoms with Gasteiger partial charge in [-0.2, -0.15) is 0 Å². The molecule has 1 N–H and O–H groups in total. The van der Waals surface area contributed by atoms with Crippen molar-refractivity contribution in [1.82, 2.24) is 10.2 Å². The number of rotatable bonds is 14. The zero-order chi connectivity index (χ0) is 35.7. The topological polar surface area (TPSA) is 105 Å². The number of sulfonamides is 1. The van der Waals surface area contributed by atoms with Crippen LogP contribution in [0.5, 0.6) is 11.5 Å². The monoisotopic (exact) mass is 697 g/mol. The van der Waals surface area contributed by atoms with Crippen molar-refractivity contribution in [2.75, 3.05) is 25.1 Å². The van der Waals surface area contributed by atoms with Gasteiger partial charge in [-0.25, -0.2) is 8.42 Å². The van der Waals surface area contributed by atoms with Gasteiger partial charge >= 0.3 is 0 Å². The minimum absolute atomic E-state index is 0.0158. The number of anilines is 1. The van der Waals surface area contributed by atoms with Crippen LogP contribution < -0.4 is 19.1 Å². The van der Waals surface area contributed by atoms with E-state index in [1.54, 1.807) is 30.3 Å². The second-order valence-electron chi connectivity index (χ2n) is 12.9. The van der Waals surface area contributed by atoms with Crippen molar-refractivity contribution < 1.29 is 27.5 Å². The normalized spacial score (nSPS) is 14.0. The van der Waals surface area contributed by atoms with Gasteiger partial charge in [0.2, 0.25) is 11.8 Å². The lowest BCUT2D eigenvalue weighted by Gasteiger charge is -2.35. The van der Waals surface area contributed by atoms with Crippen molar-refractivity contribution in [3.05, 3.63) is 119 Å². The maximum atomic E-state index is 14.9. The summed E-state index contributed by atoms with van der Waals surface area (Å²) in [6.45, 7) is 3.35. The third-order valence-corrected chi connectivity index (χ3v) is 11.1. The van der Waals surface area contributed by atoms with Crippen LogP contribution in [-0.2, 0) is 32.6 Å². The lowest BCUT2D eigenvalue weighted by Crippen LogP contribution is -2.55. The predicted molar refractivity (Wildman–Crippen MR) is 196 cm³/mol. The quantitative estimate of drug-likeness (QED) is 0.159. The Bertz CT molecular complexity index is 1860. The number of nitrogens with one attached hydrogen (secondary N) is 1. The molecule has 2 amide bonds. The Morgan fingerprint density at radius 3 is 2.18 bits per heavy atom. The summed E-state index contributed by atoms with van der Waals surface area (Å²) in [7, 11) is -1.39. The summed E-state index contributed by atoms with van der Waals surface area (Å²) in [6.07, 6.45) is 5.23. The van der Waals surface area contributed by atoms with E-state index in [-0.39, 0.29) is 41.2 Å². The number of nitrogens with zero attached hydrogens (tertiary/aromatic N) is 2. The molecule has 10 heteroatoms. The first-order chi connectivity index (χ1) is 24.1. The van der Waals surface area contributed by atoms with Gasteiger partial charge in [0.25, 0.3) is 10.0 Å². The lowest BCUT2D eigenvalue weighted by molar-refractivity contribution is -0.140. The average Bonchev–Trinajstić information content (AvgIpc) is 3.13. The minimum Gasteiger partial charge on any atom is -0.497 e. The van der Waals surface area contributed by atoms with Crippen LogP contribution in [0.1, 0.15) is 54.4 Å². The van der Waals surface area contributed by atoms with Gasteiger partial charge in [-0.1, -0.05) is 91.6 Å². The van der Waals surface area contributed by atoms with Crippen LogP contribution in [0.15, 0.2) is 102 Å². The second-order valence-corrected chi connectivity index (χ2v) is 14.7. The summed E-state index contributed by atoms with van der Waals surface area (Å²) in [6, 6.07) is 27.7. The number of amides is 2. The van der Waals surface area contributed by atoms with Gasteiger partial charge < -0.3 is 19.7 Å². The molecule has 1 atom stereocenters. The van der Waals surface area contributed by atoms with E-state index in [1.165, 1.54) is 31.3 Å². The Kier molecular flexibility index (Phi) is 12.2. The molecular formula is C40H47N3O6S. The predicted octanol–water partition coefficient (Wildman–Crippen LogP) is 6.60. The molecule has 0 heterocycles. The van der Waals surface area contributed by atoms with Crippen molar-refractivity contribution in [2.45, 2.75) is 75.9 Å². The zero-order valence-corrected chi connectivity index (χ0v) is 30.1. The zero-order valence-electron chi connectivity index (χ0n) is 29.3. The molecule has 264 valence electrons. The number of carbonyl (C=O) groups is 2. The van der Waals surface area contributed by atoms with E-state index in [0.29, 0.717) is 5.75 Å². The van der Waals surface area contributed by atoms with E-state index in [4.69, 9.17) is 9.47 Å². The van der Waals surface area contributed by atoms with Gasteiger partial charge in [0.05, 0.1) is 24.8 Å². The molecule has 0 bridgehead atoms. The Labute approximate surface area is 296 Å². The van der Waals surface area contributed by atoms with E-state index < -0.39 is 28.5 Å². The smallest absolute Gasteiger partial charge is 0.264 e. The van der Waals surface area contributed by atoms with Crippen LogP contribution in [0.2, 0.25) is 0 Å². The summed E-state index contributed by atoms with van der Waals surface area (Å²) < 4.78 is 41.2. The van der Waals surface area contributed by atoms with Gasteiger partial charge in [0, 0.05) is 25.1 Å². The summed E-state index contributed by atoms with van der Waals surface area (Å²) in [5.74, 6) is -0.151. The third-order valence-electron chi connectivity index (χ3n) is 9.37. The van der Waals surface area contributed by atoms with Crippen molar-refractivity contribution in [1.29, 1.82) is 0 Å². The number of hydrogen-bond acceptors (Lipinski definition) is 6. The van der Waals surface area contributed by atoms with Gasteiger partial charge in [-0.3, -0.25) is 13.9 Å². The van der Waals surface area contributed by atoms with Crippen LogP contribution in [0, 0.1) is 13.8 Å². The first-order valence-corrected chi connectivity index (χ1v) is 18.5. The van der Waals surface area contributed by atoms with Crippen molar-refractivity contribution >= 4 is 27.5 Å². The van der Waals surface area contributed by atoms with Gasteiger partial charge in [0.15, 0.2) is 0 Å². The molecule has 1 aliphatic carbocycles. The standard InChI is InChI=1S/C40H47N3O6S/c1-29-19-22-35(23-20-29)50(46,47)43(36-26-34(48-3)21-24-38(36)49-4)28-39(44)42(27-32-16-12-11-13-30(32)2)37(25-31-14-7-5-8-15-31)40(45)41-33-17-9-6-10-18-33/h5,7-8,11-16,19-24,26,33,37H,6,9-10,17-18,25,27-28H2,1-4H3,(H,41,45)/t37-/m1/s1. The molecule has 1 fully saturated rings. The van der Waals surface area contributed by atoms with Crippen LogP contribution in [0.3, 0.4) is 0 Å². The van der Waals surface area contributed by atoms with E-state index in [9.17, 15) is 18.0 Å². The number of benzene rings is 4. The van der Waals surface area contributed by atoms with Crippen molar-refractivity contribution in [3.63, 3.8) is 0 Å². The van der Waals surface area contributed by atoms with Crippen molar-refractivity contribution in [2.24, 2.45) is 0 Å². The molecule has 5 rings (SSSR count). The molecule has 0 radical (unpaired) electrons. The molecule has 0 saturated heterocycles. The van der Waals surface area contributed by atoms with Crippen LogP contribution in [0.25, 0.3) is 0 Å². The summed E-state index contributed by atoms with van der Waals surface area (Å²) in [4.78, 5) is 30.8. The van der Waals surface area contributed by atoms with E-state index in [1.807, 2.05) is 68.4 Å². The van der Waals surface area contributed by atoms with E-state index in [2.05, 4.69) is 5.32 Å². The number of carbonyl (C=O) groups excluding carboxylic acids is 2. The highest BCUT2D eigenvalue weighted by molar-refractivity contribution is 7.92. The molecular weight excluding hydrogens is 651 g/mol. The number of ether oxygens (including phenoxy) is 2. The Hall–Kier alpha value is -4.83. The van der Waals surface area contributed by atoms with E-state index in [0.717, 1.165) is 58.7 Å². The molecule has 1 aliphatic rings. The van der Waals surface area contributed by atoms with Crippen LogP contribution >= 0.6 is 0 Å². The van der Waals surface area contributed by atoms with Crippen LogP contribution in [-0.4, -0.2) is 58.0 Å². The van der Waals surface area contributed by atoms with Crippen molar-refractivity contribution in [3.8, 4) is 11.5 Å². The Morgan fingerprint density at radius 2 is 1.52 bits per heavy atom. The summed E-state index contributed by atoms with van der Waals surface area (Å²) >= 11 is 0. The molecule has 4 aromatic carbocycles. The van der Waals surface area contributed by atoms with Crippen LogP contribution in [0.4, 0.5) is 5.69 Å². The molecule has 50 heavy (non-hydrogen) atoms. The first-order valence-electron chi connectivity index (χ1n) is 17.1. The van der Waals surface area contributed by atoms with Gasteiger partial charge in [-0.15, -0.1) is 0 Å². The Morgan fingerprint density at radius 1 is 0.840 bits per heavy atom. The number of methoxy groups -OCH3 is 2. The number of aryl methyl sites for hydroxylation is 2. The fraction of sp³-hybridized carbons (Fsp3) is 0.350.